The number of hydrogen-bond donors (Lipinski definition) is 1. The molecule has 1 saturated heterocycles. The van der Waals surface area contributed by atoms with Crippen molar-refractivity contribution in [3.63, 3.8) is 0 Å². The van der Waals surface area contributed by atoms with Crippen LogP contribution in [-0.4, -0.2) is 48.1 Å². The summed E-state index contributed by atoms with van der Waals surface area (Å²) in [5.41, 5.74) is 3.19. The van der Waals surface area contributed by atoms with Gasteiger partial charge in [-0.15, -0.1) is 5.10 Å². The maximum Gasteiger partial charge on any atom is 0.343 e. The minimum atomic E-state index is -0.155. The molecule has 7 nitrogen and oxygen atoms in total. The number of H-pyrrole nitrogens is 1. The lowest BCUT2D eigenvalue weighted by Gasteiger charge is -2.37. The molecule has 3 aromatic rings. The predicted octanol–water partition coefficient (Wildman–Crippen LogP) is 3.54. The van der Waals surface area contributed by atoms with Crippen molar-refractivity contribution >= 4 is 11.4 Å². The largest absolute Gasteiger partial charge is 0.497 e. The monoisotopic (exact) mass is 407 g/mol. The van der Waals surface area contributed by atoms with Gasteiger partial charge in [-0.3, -0.25) is 4.98 Å². The first-order chi connectivity index (χ1) is 14.6. The Balaban J connectivity index is 1.41. The fourth-order valence-electron chi connectivity index (χ4n) is 3.78. The lowest BCUT2D eigenvalue weighted by atomic mass is 10.1. The van der Waals surface area contributed by atoms with Gasteiger partial charge in [0.2, 0.25) is 0 Å². The molecule has 30 heavy (non-hydrogen) atoms. The number of nitrogens with zero attached hydrogens (tertiary/aromatic N) is 4. The van der Waals surface area contributed by atoms with Crippen LogP contribution in [0.25, 0.3) is 11.4 Å². The molecular formula is C23H29N5O2. The van der Waals surface area contributed by atoms with E-state index in [1.165, 1.54) is 16.1 Å². The van der Waals surface area contributed by atoms with E-state index in [4.69, 9.17) is 4.74 Å². The number of benzene rings is 2. The molecule has 0 unspecified atom stereocenters. The van der Waals surface area contributed by atoms with E-state index in [-0.39, 0.29) is 11.7 Å². The number of piperazine rings is 1. The van der Waals surface area contributed by atoms with Crippen LogP contribution in [0.4, 0.5) is 11.4 Å². The quantitative estimate of drug-likeness (QED) is 0.677. The highest BCUT2D eigenvalue weighted by Crippen LogP contribution is 2.24. The normalized spacial score (nSPS) is 15.3. The number of ether oxygens (including phenoxy) is 1. The molecule has 2 aromatic carbocycles. The van der Waals surface area contributed by atoms with Crippen molar-refractivity contribution in [3.8, 4) is 17.1 Å². The zero-order valence-corrected chi connectivity index (χ0v) is 17.8. The Bertz CT molecular complexity index is 1010. The topological polar surface area (TPSA) is 66.4 Å². The second-order valence-electron chi connectivity index (χ2n) is 7.70. The summed E-state index contributed by atoms with van der Waals surface area (Å²) in [5.74, 6) is 1.50. The van der Waals surface area contributed by atoms with Crippen LogP contribution in [0.1, 0.15) is 26.3 Å². The van der Waals surface area contributed by atoms with E-state index in [1.807, 2.05) is 31.2 Å². The van der Waals surface area contributed by atoms with Gasteiger partial charge < -0.3 is 14.5 Å². The fourth-order valence-corrected chi connectivity index (χ4v) is 3.78. The van der Waals surface area contributed by atoms with E-state index in [1.54, 1.807) is 7.11 Å². The number of aromatic amines is 1. The third kappa shape index (κ3) is 4.06. The highest BCUT2D eigenvalue weighted by molar-refractivity contribution is 5.61. The summed E-state index contributed by atoms with van der Waals surface area (Å²) >= 11 is 0. The van der Waals surface area contributed by atoms with Gasteiger partial charge >= 0.3 is 5.69 Å². The van der Waals surface area contributed by atoms with Crippen LogP contribution in [0.15, 0.2) is 53.3 Å². The molecule has 2 heterocycles. The van der Waals surface area contributed by atoms with Crippen molar-refractivity contribution in [2.45, 2.75) is 26.3 Å². The Kier molecular flexibility index (Phi) is 5.79. The van der Waals surface area contributed by atoms with Gasteiger partial charge in [-0.05, 0) is 61.9 Å². The lowest BCUT2D eigenvalue weighted by Crippen LogP contribution is -2.46. The average molecular weight is 408 g/mol. The van der Waals surface area contributed by atoms with E-state index in [2.05, 4.69) is 51.1 Å². The van der Waals surface area contributed by atoms with Crippen LogP contribution in [-0.2, 0) is 0 Å². The van der Waals surface area contributed by atoms with Gasteiger partial charge in [0.05, 0.1) is 13.2 Å². The zero-order valence-electron chi connectivity index (χ0n) is 17.8. The molecule has 1 aliphatic rings. The Labute approximate surface area is 176 Å². The molecule has 1 aliphatic heterocycles. The smallest absolute Gasteiger partial charge is 0.343 e. The third-order valence-corrected chi connectivity index (χ3v) is 5.87. The van der Waals surface area contributed by atoms with Gasteiger partial charge in [0.1, 0.15) is 5.75 Å². The summed E-state index contributed by atoms with van der Waals surface area (Å²) in [6.07, 6.45) is 0.867. The highest BCUT2D eigenvalue weighted by Gasteiger charge is 2.18. The van der Waals surface area contributed by atoms with Crippen LogP contribution in [0.2, 0.25) is 0 Å². The predicted molar refractivity (Wildman–Crippen MR) is 121 cm³/mol. The molecule has 0 aliphatic carbocycles. The molecule has 1 N–H and O–H groups in total. The number of methoxy groups -OCH3 is 1. The molecule has 1 fully saturated rings. The van der Waals surface area contributed by atoms with Crippen molar-refractivity contribution in [3.05, 3.63) is 59.0 Å². The minimum absolute atomic E-state index is 0.0868. The summed E-state index contributed by atoms with van der Waals surface area (Å²) in [7, 11) is 1.69. The molecular weight excluding hydrogens is 378 g/mol. The van der Waals surface area contributed by atoms with Crippen molar-refractivity contribution in [1.29, 1.82) is 0 Å². The summed E-state index contributed by atoms with van der Waals surface area (Å²) in [5, 5.41) is 4.47. The number of aromatic nitrogens is 3. The highest BCUT2D eigenvalue weighted by atomic mass is 16.5. The van der Waals surface area contributed by atoms with Crippen molar-refractivity contribution < 1.29 is 4.74 Å². The van der Waals surface area contributed by atoms with Gasteiger partial charge in [-0.1, -0.05) is 6.92 Å². The second kappa shape index (κ2) is 8.65. The maximum atomic E-state index is 12.1. The van der Waals surface area contributed by atoms with E-state index in [0.29, 0.717) is 5.82 Å². The molecule has 7 heteroatoms. The molecule has 1 atom stereocenters. The van der Waals surface area contributed by atoms with Gasteiger partial charge in [0.15, 0.2) is 5.82 Å². The minimum Gasteiger partial charge on any atom is -0.497 e. The number of hydrogen-bond acceptors (Lipinski definition) is 5. The summed E-state index contributed by atoms with van der Waals surface area (Å²) in [6.45, 7) is 7.92. The molecule has 4 rings (SSSR count). The molecule has 158 valence electrons. The van der Waals surface area contributed by atoms with Crippen molar-refractivity contribution in [2.24, 2.45) is 0 Å². The first kappa shape index (κ1) is 20.1. The number of anilines is 2. The van der Waals surface area contributed by atoms with E-state index >= 15 is 0 Å². The van der Waals surface area contributed by atoms with E-state index in [9.17, 15) is 4.79 Å². The molecule has 0 spiro atoms. The van der Waals surface area contributed by atoms with Crippen LogP contribution in [0, 0.1) is 0 Å². The van der Waals surface area contributed by atoms with Gasteiger partial charge in [0.25, 0.3) is 0 Å². The molecule has 0 bridgehead atoms. The molecule has 1 aromatic heterocycles. The number of rotatable bonds is 6. The maximum absolute atomic E-state index is 12.1. The SMILES string of the molecule is CC[C@@H](C)n1nc(-c2ccc(N3CCN(c4ccc(OC)cc4)CC3)cc2)[nH]c1=O. The molecule has 0 radical (unpaired) electrons. The van der Waals surface area contributed by atoms with Crippen LogP contribution in [0.3, 0.4) is 0 Å². The van der Waals surface area contributed by atoms with E-state index in [0.717, 1.165) is 43.9 Å². The second-order valence-corrected chi connectivity index (χ2v) is 7.70. The van der Waals surface area contributed by atoms with Crippen LogP contribution in [0.5, 0.6) is 5.75 Å². The Morgan fingerprint density at radius 1 is 0.967 bits per heavy atom. The summed E-state index contributed by atoms with van der Waals surface area (Å²) in [6, 6.07) is 16.6. The first-order valence-corrected chi connectivity index (χ1v) is 10.5. The number of nitrogens with one attached hydrogen (secondary N) is 1. The first-order valence-electron chi connectivity index (χ1n) is 10.5. The van der Waals surface area contributed by atoms with Crippen LogP contribution < -0.4 is 20.2 Å². The Morgan fingerprint density at radius 2 is 1.50 bits per heavy atom. The Hall–Kier alpha value is -3.22. The fraction of sp³-hybridized carbons (Fsp3) is 0.391. The van der Waals surface area contributed by atoms with E-state index < -0.39 is 0 Å². The Morgan fingerprint density at radius 3 is 2.00 bits per heavy atom. The molecule has 0 amide bonds. The zero-order chi connectivity index (χ0) is 21.1. The van der Waals surface area contributed by atoms with Gasteiger partial charge in [-0.25, -0.2) is 9.48 Å². The summed E-state index contributed by atoms with van der Waals surface area (Å²) < 4.78 is 6.78. The van der Waals surface area contributed by atoms with Gasteiger partial charge in [-0.2, -0.15) is 0 Å². The van der Waals surface area contributed by atoms with Crippen molar-refractivity contribution in [1.82, 2.24) is 14.8 Å². The lowest BCUT2D eigenvalue weighted by molar-refractivity contribution is 0.415. The van der Waals surface area contributed by atoms with Gasteiger partial charge in [0, 0.05) is 43.1 Å². The molecule has 0 saturated carbocycles. The van der Waals surface area contributed by atoms with Crippen LogP contribution >= 0.6 is 0 Å². The standard InChI is InChI=1S/C23H29N5O2/c1-4-17(2)28-23(29)24-22(25-28)18-5-7-19(8-6-18)26-13-15-27(16-14-26)20-9-11-21(30-3)12-10-20/h5-12,17H,4,13-16H2,1-3H3,(H,24,25,29)/t17-/m1/s1. The summed E-state index contributed by atoms with van der Waals surface area (Å²) in [4.78, 5) is 19.8. The third-order valence-electron chi connectivity index (χ3n) is 5.87. The van der Waals surface area contributed by atoms with Crippen molar-refractivity contribution in [2.75, 3.05) is 43.1 Å². The average Bonchev–Trinajstić information content (AvgIpc) is 3.20.